The fraction of sp³-hybridized carbons (Fsp3) is 0.111. The molecule has 0 fully saturated rings. The molecule has 7 heteroatoms. The number of hydrogen-bond donors (Lipinski definition) is 3. The van der Waals surface area contributed by atoms with Crippen LogP contribution in [0.2, 0.25) is 0 Å². The van der Waals surface area contributed by atoms with Gasteiger partial charge in [0.25, 0.3) is 5.95 Å². The van der Waals surface area contributed by atoms with Gasteiger partial charge in [-0.25, -0.2) is 5.43 Å². The Balaban J connectivity index is 1.64. The Morgan fingerprint density at radius 3 is 2.72 bits per heavy atom. The molecule has 0 aliphatic carbocycles. The largest absolute Gasteiger partial charge is 0.508 e. The number of hydrogen-bond acceptors (Lipinski definition) is 6. The molecule has 4 rings (SSSR count). The van der Waals surface area contributed by atoms with Crippen molar-refractivity contribution >= 4 is 33.7 Å². The number of phenols is 1. The molecule has 2 heterocycles. The van der Waals surface area contributed by atoms with E-state index in [1.165, 1.54) is 0 Å². The SMILES string of the molecule is C/C(=N/Nc1nnc2c(n1)[nH]c1ccc(C)cc12)c1ccc(O)cc1. The molecular formula is C18H16N6O. The first-order valence-corrected chi connectivity index (χ1v) is 7.82. The van der Waals surface area contributed by atoms with Crippen molar-refractivity contribution in [2.45, 2.75) is 13.8 Å². The van der Waals surface area contributed by atoms with E-state index in [0.29, 0.717) is 11.6 Å². The van der Waals surface area contributed by atoms with Crippen LogP contribution in [0.1, 0.15) is 18.1 Å². The number of phenolic OH excluding ortho intramolecular Hbond substituents is 1. The summed E-state index contributed by atoms with van der Waals surface area (Å²) in [6.45, 7) is 3.90. The minimum absolute atomic E-state index is 0.219. The third-order valence-corrected chi connectivity index (χ3v) is 3.98. The van der Waals surface area contributed by atoms with E-state index in [0.717, 1.165) is 33.3 Å². The quantitative estimate of drug-likeness (QED) is 0.395. The normalized spacial score (nSPS) is 12.0. The van der Waals surface area contributed by atoms with Crippen LogP contribution in [-0.4, -0.2) is 31.0 Å². The Morgan fingerprint density at radius 2 is 1.92 bits per heavy atom. The number of aromatic amines is 1. The maximum Gasteiger partial charge on any atom is 0.265 e. The van der Waals surface area contributed by atoms with Crippen molar-refractivity contribution in [1.82, 2.24) is 20.2 Å². The third kappa shape index (κ3) is 2.87. The molecule has 7 nitrogen and oxygen atoms in total. The van der Waals surface area contributed by atoms with Gasteiger partial charge in [-0.2, -0.15) is 10.1 Å². The molecule has 0 unspecified atom stereocenters. The second-order valence-electron chi connectivity index (χ2n) is 5.86. The predicted octanol–water partition coefficient (Wildman–Crippen LogP) is 3.36. The molecule has 0 radical (unpaired) electrons. The molecule has 0 amide bonds. The van der Waals surface area contributed by atoms with Crippen LogP contribution < -0.4 is 5.43 Å². The number of anilines is 1. The maximum atomic E-state index is 9.34. The Labute approximate surface area is 143 Å². The summed E-state index contributed by atoms with van der Waals surface area (Å²) < 4.78 is 0. The Bertz CT molecular complexity index is 1100. The number of aryl methyl sites for hydroxylation is 1. The van der Waals surface area contributed by atoms with E-state index in [1.54, 1.807) is 24.3 Å². The van der Waals surface area contributed by atoms with Crippen molar-refractivity contribution in [2.75, 3.05) is 5.43 Å². The fourth-order valence-corrected chi connectivity index (χ4v) is 2.63. The molecule has 0 bridgehead atoms. The van der Waals surface area contributed by atoms with Crippen molar-refractivity contribution in [3.63, 3.8) is 0 Å². The molecule has 3 N–H and O–H groups in total. The minimum atomic E-state index is 0.219. The number of H-pyrrole nitrogens is 1. The van der Waals surface area contributed by atoms with Crippen LogP contribution in [0.25, 0.3) is 22.1 Å². The summed E-state index contributed by atoms with van der Waals surface area (Å²) in [4.78, 5) is 7.68. The highest BCUT2D eigenvalue weighted by Crippen LogP contribution is 2.23. The zero-order valence-electron chi connectivity index (χ0n) is 13.8. The molecular weight excluding hydrogens is 316 g/mol. The van der Waals surface area contributed by atoms with E-state index in [4.69, 9.17) is 0 Å². The van der Waals surface area contributed by atoms with Gasteiger partial charge in [0, 0.05) is 10.9 Å². The van der Waals surface area contributed by atoms with E-state index >= 15 is 0 Å². The average molecular weight is 332 g/mol. The highest BCUT2D eigenvalue weighted by Gasteiger charge is 2.09. The topological polar surface area (TPSA) is 99.1 Å². The first-order chi connectivity index (χ1) is 12.1. The number of nitrogens with one attached hydrogen (secondary N) is 2. The summed E-state index contributed by atoms with van der Waals surface area (Å²) in [6.07, 6.45) is 0. The zero-order chi connectivity index (χ0) is 17.4. The number of benzene rings is 2. The van der Waals surface area contributed by atoms with Crippen LogP contribution in [0.3, 0.4) is 0 Å². The van der Waals surface area contributed by atoms with Crippen LogP contribution in [0, 0.1) is 6.92 Å². The van der Waals surface area contributed by atoms with Crippen LogP contribution in [0.5, 0.6) is 5.75 Å². The summed E-state index contributed by atoms with van der Waals surface area (Å²) >= 11 is 0. The summed E-state index contributed by atoms with van der Waals surface area (Å²) in [5.74, 6) is 0.533. The number of hydrazone groups is 1. The van der Waals surface area contributed by atoms with Gasteiger partial charge in [0.15, 0.2) is 5.65 Å². The van der Waals surface area contributed by atoms with E-state index in [2.05, 4.69) is 36.8 Å². The van der Waals surface area contributed by atoms with Crippen LogP contribution in [0.4, 0.5) is 5.95 Å². The van der Waals surface area contributed by atoms with E-state index < -0.39 is 0 Å². The van der Waals surface area contributed by atoms with Crippen LogP contribution in [-0.2, 0) is 0 Å². The zero-order valence-corrected chi connectivity index (χ0v) is 13.8. The highest BCUT2D eigenvalue weighted by atomic mass is 16.3. The van der Waals surface area contributed by atoms with Gasteiger partial charge in [0.05, 0.1) is 5.71 Å². The van der Waals surface area contributed by atoms with Gasteiger partial charge >= 0.3 is 0 Å². The number of aromatic nitrogens is 4. The lowest BCUT2D eigenvalue weighted by Crippen LogP contribution is -2.03. The molecule has 0 saturated carbocycles. The molecule has 25 heavy (non-hydrogen) atoms. The molecule has 2 aromatic heterocycles. The van der Waals surface area contributed by atoms with Gasteiger partial charge < -0.3 is 10.1 Å². The first-order valence-electron chi connectivity index (χ1n) is 7.82. The lowest BCUT2D eigenvalue weighted by Gasteiger charge is -2.02. The second-order valence-corrected chi connectivity index (χ2v) is 5.86. The van der Waals surface area contributed by atoms with Gasteiger partial charge in [-0.1, -0.05) is 11.6 Å². The molecule has 124 valence electrons. The van der Waals surface area contributed by atoms with Crippen molar-refractivity contribution in [3.8, 4) is 5.75 Å². The maximum absolute atomic E-state index is 9.34. The lowest BCUT2D eigenvalue weighted by molar-refractivity contribution is 0.475. The summed E-state index contributed by atoms with van der Waals surface area (Å²) in [5.41, 5.74) is 8.00. The second kappa shape index (κ2) is 5.86. The molecule has 0 saturated heterocycles. The third-order valence-electron chi connectivity index (χ3n) is 3.98. The van der Waals surface area contributed by atoms with Gasteiger partial charge in [0.1, 0.15) is 11.3 Å². The number of fused-ring (bicyclic) bond motifs is 3. The molecule has 0 spiro atoms. The number of rotatable bonds is 3. The Morgan fingerprint density at radius 1 is 1.12 bits per heavy atom. The Kier molecular flexibility index (Phi) is 3.53. The van der Waals surface area contributed by atoms with Crippen LogP contribution in [0.15, 0.2) is 47.6 Å². The molecule has 0 atom stereocenters. The van der Waals surface area contributed by atoms with E-state index in [1.807, 2.05) is 26.0 Å². The van der Waals surface area contributed by atoms with Crippen molar-refractivity contribution in [3.05, 3.63) is 53.6 Å². The average Bonchev–Trinajstić information content (AvgIpc) is 2.97. The van der Waals surface area contributed by atoms with Crippen molar-refractivity contribution in [1.29, 1.82) is 0 Å². The van der Waals surface area contributed by atoms with Crippen LogP contribution >= 0.6 is 0 Å². The first kappa shape index (κ1) is 15.1. The monoisotopic (exact) mass is 332 g/mol. The smallest absolute Gasteiger partial charge is 0.265 e. The van der Waals surface area contributed by atoms with E-state index in [9.17, 15) is 5.11 Å². The van der Waals surface area contributed by atoms with Crippen molar-refractivity contribution < 1.29 is 5.11 Å². The lowest BCUT2D eigenvalue weighted by atomic mass is 10.1. The highest BCUT2D eigenvalue weighted by molar-refractivity contribution is 6.03. The summed E-state index contributed by atoms with van der Waals surface area (Å²) in [6, 6.07) is 12.9. The molecule has 2 aromatic carbocycles. The van der Waals surface area contributed by atoms with Gasteiger partial charge in [-0.05, 0) is 55.8 Å². The fourth-order valence-electron chi connectivity index (χ4n) is 2.63. The minimum Gasteiger partial charge on any atom is -0.508 e. The molecule has 0 aliphatic heterocycles. The van der Waals surface area contributed by atoms with Gasteiger partial charge in [-0.15, -0.1) is 10.2 Å². The Hall–Kier alpha value is -3.48. The predicted molar refractivity (Wildman–Crippen MR) is 97.9 cm³/mol. The standard InChI is InChI=1S/C18H16N6O/c1-10-3-8-15-14(9-10)16-17(19-15)20-18(24-22-16)23-21-11(2)12-4-6-13(25)7-5-12/h3-9,25H,1-2H3,(H2,19,20,23,24)/b21-11-. The molecule has 0 aliphatic rings. The van der Waals surface area contributed by atoms with Crippen molar-refractivity contribution in [2.24, 2.45) is 5.10 Å². The number of nitrogens with zero attached hydrogens (tertiary/aromatic N) is 4. The summed E-state index contributed by atoms with van der Waals surface area (Å²) in [5, 5.41) is 23.0. The molecule has 4 aromatic rings. The number of aromatic hydroxyl groups is 1. The van der Waals surface area contributed by atoms with Gasteiger partial charge in [-0.3, -0.25) is 0 Å². The summed E-state index contributed by atoms with van der Waals surface area (Å²) in [7, 11) is 0. The van der Waals surface area contributed by atoms with Gasteiger partial charge in [0.2, 0.25) is 0 Å². The van der Waals surface area contributed by atoms with E-state index in [-0.39, 0.29) is 5.75 Å².